The fourth-order valence-corrected chi connectivity index (χ4v) is 5.47. The van der Waals surface area contributed by atoms with Gasteiger partial charge in [-0.15, -0.1) is 0 Å². The van der Waals surface area contributed by atoms with Crippen molar-refractivity contribution in [2.45, 2.75) is 12.3 Å². The number of hydrogen-bond donors (Lipinski definition) is 1. The van der Waals surface area contributed by atoms with E-state index >= 15 is 0 Å². The van der Waals surface area contributed by atoms with Crippen molar-refractivity contribution in [2.75, 3.05) is 17.3 Å². The number of benzene rings is 4. The number of thioether (sulfide) groups is 1. The van der Waals surface area contributed by atoms with Gasteiger partial charge in [0.2, 0.25) is 5.91 Å². The summed E-state index contributed by atoms with van der Waals surface area (Å²) in [5, 5.41) is 2.48. The van der Waals surface area contributed by atoms with E-state index in [0.717, 1.165) is 16.9 Å². The summed E-state index contributed by atoms with van der Waals surface area (Å²) in [5.74, 6) is 1.61. The topological polar surface area (TPSA) is 67.9 Å². The predicted octanol–water partition coefficient (Wildman–Crippen LogP) is 7.27. The minimum Gasteiger partial charge on any atom is -0.495 e. The molecule has 38 heavy (non-hydrogen) atoms. The Balaban J connectivity index is 1.53. The molecule has 1 atom stereocenters. The highest BCUT2D eigenvalue weighted by molar-refractivity contribution is 8.05. The summed E-state index contributed by atoms with van der Waals surface area (Å²) in [4.78, 5) is 27.9. The van der Waals surface area contributed by atoms with Crippen LogP contribution >= 0.6 is 11.8 Å². The van der Waals surface area contributed by atoms with Crippen LogP contribution in [-0.2, 0) is 9.59 Å². The van der Waals surface area contributed by atoms with Crippen LogP contribution in [-0.4, -0.2) is 18.9 Å². The van der Waals surface area contributed by atoms with Crippen LogP contribution in [0.4, 0.5) is 11.4 Å². The van der Waals surface area contributed by atoms with Crippen LogP contribution in [0.1, 0.15) is 23.4 Å². The van der Waals surface area contributed by atoms with E-state index in [2.05, 4.69) is 5.32 Å². The summed E-state index contributed by atoms with van der Waals surface area (Å²) in [7, 11) is 1.57. The normalized spacial score (nSPS) is 15.9. The molecule has 2 amide bonds. The first-order chi connectivity index (χ1) is 18.5. The molecule has 0 aliphatic carbocycles. The van der Waals surface area contributed by atoms with E-state index in [1.165, 1.54) is 18.7 Å². The first-order valence-corrected chi connectivity index (χ1v) is 13.0. The SMILES string of the molecule is COc1ccc(NC(C)=O)cc1N1C(=O)/C(=C/c2cccc(Oc3ccccc3)c2)SC1c1ccccc1. The Bertz CT molecular complexity index is 1490. The van der Waals surface area contributed by atoms with Crippen molar-refractivity contribution in [1.82, 2.24) is 0 Å². The molecule has 0 bridgehead atoms. The Morgan fingerprint density at radius 2 is 1.61 bits per heavy atom. The number of ether oxygens (including phenoxy) is 2. The lowest BCUT2D eigenvalue weighted by molar-refractivity contribution is -0.115. The first-order valence-electron chi connectivity index (χ1n) is 12.1. The molecule has 0 spiro atoms. The van der Waals surface area contributed by atoms with Crippen LogP contribution < -0.4 is 19.7 Å². The zero-order valence-electron chi connectivity index (χ0n) is 21.0. The van der Waals surface area contributed by atoms with Gasteiger partial charge < -0.3 is 14.8 Å². The Kier molecular flexibility index (Phi) is 7.47. The van der Waals surface area contributed by atoms with E-state index in [-0.39, 0.29) is 17.2 Å². The van der Waals surface area contributed by atoms with Gasteiger partial charge >= 0.3 is 0 Å². The number of rotatable bonds is 7. The van der Waals surface area contributed by atoms with E-state index in [1.807, 2.05) is 91.0 Å². The average molecular weight is 523 g/mol. The molecule has 1 fully saturated rings. The number of nitrogens with zero attached hydrogens (tertiary/aromatic N) is 1. The Labute approximate surface area is 225 Å². The minimum absolute atomic E-state index is 0.156. The van der Waals surface area contributed by atoms with Gasteiger partial charge in [0.25, 0.3) is 5.91 Å². The van der Waals surface area contributed by atoms with Crippen molar-refractivity contribution in [3.8, 4) is 17.2 Å². The quantitative estimate of drug-likeness (QED) is 0.259. The molecule has 0 saturated carbocycles. The Morgan fingerprint density at radius 1 is 0.895 bits per heavy atom. The zero-order valence-corrected chi connectivity index (χ0v) is 21.8. The van der Waals surface area contributed by atoms with Crippen molar-refractivity contribution in [3.63, 3.8) is 0 Å². The maximum Gasteiger partial charge on any atom is 0.266 e. The fourth-order valence-electron chi connectivity index (χ4n) is 4.22. The van der Waals surface area contributed by atoms with E-state index in [1.54, 1.807) is 30.2 Å². The maximum absolute atomic E-state index is 13.9. The van der Waals surface area contributed by atoms with Crippen molar-refractivity contribution < 1.29 is 19.1 Å². The number of carbonyl (C=O) groups excluding carboxylic acids is 2. The van der Waals surface area contributed by atoms with Crippen LogP contribution in [0.3, 0.4) is 0 Å². The Morgan fingerprint density at radius 3 is 2.32 bits per heavy atom. The molecule has 190 valence electrons. The Hall–Kier alpha value is -4.49. The third kappa shape index (κ3) is 5.58. The summed E-state index contributed by atoms with van der Waals surface area (Å²) in [5.41, 5.74) is 2.99. The highest BCUT2D eigenvalue weighted by atomic mass is 32.2. The van der Waals surface area contributed by atoms with Gasteiger partial charge in [-0.3, -0.25) is 14.5 Å². The molecule has 4 aromatic rings. The van der Waals surface area contributed by atoms with Crippen molar-refractivity contribution in [3.05, 3.63) is 119 Å². The maximum atomic E-state index is 13.9. The number of methoxy groups -OCH3 is 1. The van der Waals surface area contributed by atoms with Crippen LogP contribution in [0.15, 0.2) is 108 Å². The highest BCUT2D eigenvalue weighted by Crippen LogP contribution is 2.50. The highest BCUT2D eigenvalue weighted by Gasteiger charge is 2.39. The second kappa shape index (κ2) is 11.3. The lowest BCUT2D eigenvalue weighted by Gasteiger charge is -2.26. The third-order valence-electron chi connectivity index (χ3n) is 5.88. The van der Waals surface area contributed by atoms with Gasteiger partial charge in [-0.05, 0) is 59.7 Å². The van der Waals surface area contributed by atoms with Crippen molar-refractivity contribution in [2.24, 2.45) is 0 Å². The van der Waals surface area contributed by atoms with E-state index in [9.17, 15) is 9.59 Å². The molecule has 6 nitrogen and oxygen atoms in total. The molecule has 0 aromatic heterocycles. The number of para-hydroxylation sites is 1. The first kappa shape index (κ1) is 25.2. The fraction of sp³-hybridized carbons (Fsp3) is 0.0968. The second-order valence-corrected chi connectivity index (χ2v) is 9.74. The smallest absolute Gasteiger partial charge is 0.266 e. The van der Waals surface area contributed by atoms with Crippen LogP contribution in [0.25, 0.3) is 6.08 Å². The van der Waals surface area contributed by atoms with Gasteiger partial charge in [0.05, 0.1) is 17.7 Å². The zero-order chi connectivity index (χ0) is 26.5. The minimum atomic E-state index is -0.319. The molecule has 5 rings (SSSR count). The summed E-state index contributed by atoms with van der Waals surface area (Å²) in [6.07, 6.45) is 1.88. The molecular formula is C31H26N2O4S. The van der Waals surface area contributed by atoms with Gasteiger partial charge in [0.1, 0.15) is 22.6 Å². The summed E-state index contributed by atoms with van der Waals surface area (Å²) >= 11 is 1.47. The summed E-state index contributed by atoms with van der Waals surface area (Å²) in [6, 6.07) is 32.3. The lowest BCUT2D eigenvalue weighted by atomic mass is 10.1. The van der Waals surface area contributed by atoms with Crippen molar-refractivity contribution >= 4 is 41.0 Å². The average Bonchev–Trinajstić information content (AvgIpc) is 3.25. The molecule has 1 heterocycles. The molecule has 0 radical (unpaired) electrons. The molecule has 1 unspecified atom stereocenters. The van der Waals surface area contributed by atoms with E-state index < -0.39 is 0 Å². The van der Waals surface area contributed by atoms with Crippen LogP contribution in [0.2, 0.25) is 0 Å². The van der Waals surface area contributed by atoms with E-state index in [0.29, 0.717) is 27.8 Å². The van der Waals surface area contributed by atoms with Crippen LogP contribution in [0, 0.1) is 0 Å². The molecule has 1 aliphatic heterocycles. The van der Waals surface area contributed by atoms with Gasteiger partial charge in [-0.2, -0.15) is 0 Å². The lowest BCUT2D eigenvalue weighted by Crippen LogP contribution is -2.28. The van der Waals surface area contributed by atoms with Crippen LogP contribution in [0.5, 0.6) is 17.2 Å². The number of carbonyl (C=O) groups is 2. The molecule has 1 N–H and O–H groups in total. The van der Waals surface area contributed by atoms with Gasteiger partial charge in [-0.25, -0.2) is 0 Å². The third-order valence-corrected chi connectivity index (χ3v) is 7.13. The number of anilines is 2. The number of amides is 2. The second-order valence-electron chi connectivity index (χ2n) is 8.62. The van der Waals surface area contributed by atoms with Gasteiger partial charge in [0.15, 0.2) is 0 Å². The molecule has 4 aromatic carbocycles. The number of nitrogens with one attached hydrogen (secondary N) is 1. The standard InChI is InChI=1S/C31H26N2O4S/c1-21(34)32-24-16-17-28(36-2)27(20-24)33-30(35)29(38-31(33)23-11-5-3-6-12-23)19-22-10-9-15-26(18-22)37-25-13-7-4-8-14-25/h3-20,31H,1-2H3,(H,32,34)/b29-19-. The summed E-state index contributed by atoms with van der Waals surface area (Å²) < 4.78 is 11.6. The van der Waals surface area contributed by atoms with Gasteiger partial charge in [-0.1, -0.05) is 72.4 Å². The predicted molar refractivity (Wildman–Crippen MR) is 152 cm³/mol. The van der Waals surface area contributed by atoms with E-state index in [4.69, 9.17) is 9.47 Å². The molecule has 1 saturated heterocycles. The molecular weight excluding hydrogens is 496 g/mol. The largest absolute Gasteiger partial charge is 0.495 e. The van der Waals surface area contributed by atoms with Gasteiger partial charge in [0, 0.05) is 12.6 Å². The number of hydrogen-bond acceptors (Lipinski definition) is 5. The molecule has 1 aliphatic rings. The monoisotopic (exact) mass is 522 g/mol. The van der Waals surface area contributed by atoms with Crippen molar-refractivity contribution in [1.29, 1.82) is 0 Å². The molecule has 7 heteroatoms. The summed E-state index contributed by atoms with van der Waals surface area (Å²) in [6.45, 7) is 1.45.